The summed E-state index contributed by atoms with van der Waals surface area (Å²) in [5, 5.41) is 3.04. The van der Waals surface area contributed by atoms with Gasteiger partial charge in [0.25, 0.3) is 5.91 Å². The predicted octanol–water partition coefficient (Wildman–Crippen LogP) is 3.61. The van der Waals surface area contributed by atoms with Gasteiger partial charge in [0, 0.05) is 9.86 Å². The minimum absolute atomic E-state index is 0.132. The Balaban J connectivity index is 1.99. The number of rotatable bonds is 7. The summed E-state index contributed by atoms with van der Waals surface area (Å²) in [7, 11) is 2.96. The summed E-state index contributed by atoms with van der Waals surface area (Å²) in [4.78, 5) is 37.9. The van der Waals surface area contributed by atoms with E-state index in [0.717, 1.165) is 0 Å². The lowest BCUT2D eigenvalue weighted by molar-refractivity contribution is -0.145. The Labute approximate surface area is 186 Å². The highest BCUT2D eigenvalue weighted by Crippen LogP contribution is 2.29. The first kappa shape index (κ1) is 22.4. The van der Waals surface area contributed by atoms with Gasteiger partial charge in [-0.1, -0.05) is 28.1 Å². The average molecular weight is 490 g/mol. The SMILES string of the molecule is CCOC(=O)[C@H](NC(=O)c1cc2cc(Br)cc(OC)c2oc1=O)c1ccc(OC)cc1. The van der Waals surface area contributed by atoms with Gasteiger partial charge in [-0.25, -0.2) is 9.59 Å². The summed E-state index contributed by atoms with van der Waals surface area (Å²) in [5.41, 5.74) is -0.426. The Morgan fingerprint density at radius 2 is 1.81 bits per heavy atom. The number of benzene rings is 2. The first-order valence-corrected chi connectivity index (χ1v) is 10.1. The van der Waals surface area contributed by atoms with Crippen LogP contribution in [-0.4, -0.2) is 32.7 Å². The van der Waals surface area contributed by atoms with Crippen LogP contribution in [0, 0.1) is 0 Å². The minimum atomic E-state index is -1.12. The molecule has 9 heteroatoms. The minimum Gasteiger partial charge on any atom is -0.497 e. The lowest BCUT2D eigenvalue weighted by atomic mass is 10.1. The van der Waals surface area contributed by atoms with E-state index in [2.05, 4.69) is 21.2 Å². The number of carbonyl (C=O) groups excluding carboxylic acids is 2. The van der Waals surface area contributed by atoms with E-state index in [1.165, 1.54) is 20.3 Å². The summed E-state index contributed by atoms with van der Waals surface area (Å²) in [6, 6.07) is 10.2. The largest absolute Gasteiger partial charge is 0.497 e. The Bertz CT molecular complexity index is 1170. The van der Waals surface area contributed by atoms with Gasteiger partial charge in [0.15, 0.2) is 17.4 Å². The summed E-state index contributed by atoms with van der Waals surface area (Å²) in [6.07, 6.45) is 0. The molecule has 0 saturated heterocycles. The summed E-state index contributed by atoms with van der Waals surface area (Å²) in [5.74, 6) is -0.498. The van der Waals surface area contributed by atoms with Crippen LogP contribution >= 0.6 is 15.9 Å². The zero-order chi connectivity index (χ0) is 22.5. The molecule has 0 aliphatic rings. The molecule has 1 N–H and O–H groups in total. The number of carbonyl (C=O) groups is 2. The maximum Gasteiger partial charge on any atom is 0.349 e. The Hall–Kier alpha value is -3.33. The predicted molar refractivity (Wildman–Crippen MR) is 117 cm³/mol. The van der Waals surface area contributed by atoms with Crippen LogP contribution in [0.1, 0.15) is 28.9 Å². The third-order valence-electron chi connectivity index (χ3n) is 4.47. The number of hydrogen-bond donors (Lipinski definition) is 1. The van der Waals surface area contributed by atoms with Crippen LogP contribution in [0.5, 0.6) is 11.5 Å². The molecule has 0 bridgehead atoms. The van der Waals surface area contributed by atoms with Crippen molar-refractivity contribution in [2.75, 3.05) is 20.8 Å². The zero-order valence-electron chi connectivity index (χ0n) is 17.1. The molecule has 0 saturated carbocycles. The van der Waals surface area contributed by atoms with Crippen molar-refractivity contribution < 1.29 is 28.2 Å². The first-order chi connectivity index (χ1) is 14.9. The number of methoxy groups -OCH3 is 2. The van der Waals surface area contributed by atoms with E-state index >= 15 is 0 Å². The van der Waals surface area contributed by atoms with Gasteiger partial charge in [-0.15, -0.1) is 0 Å². The van der Waals surface area contributed by atoms with Crippen LogP contribution in [0.15, 0.2) is 56.1 Å². The van der Waals surface area contributed by atoms with Crippen molar-refractivity contribution in [2.45, 2.75) is 13.0 Å². The van der Waals surface area contributed by atoms with Crippen LogP contribution in [0.25, 0.3) is 11.0 Å². The van der Waals surface area contributed by atoms with Crippen LogP contribution in [0.4, 0.5) is 0 Å². The van der Waals surface area contributed by atoms with Crippen molar-refractivity contribution in [2.24, 2.45) is 0 Å². The fourth-order valence-corrected chi connectivity index (χ4v) is 3.44. The fourth-order valence-electron chi connectivity index (χ4n) is 2.99. The van der Waals surface area contributed by atoms with Crippen molar-refractivity contribution in [1.82, 2.24) is 5.32 Å². The van der Waals surface area contributed by atoms with E-state index in [1.807, 2.05) is 0 Å². The highest BCUT2D eigenvalue weighted by Gasteiger charge is 2.26. The van der Waals surface area contributed by atoms with Crippen LogP contribution in [0.2, 0.25) is 0 Å². The van der Waals surface area contributed by atoms with E-state index in [4.69, 9.17) is 18.6 Å². The third-order valence-corrected chi connectivity index (χ3v) is 4.93. The number of amides is 1. The molecule has 1 amide bonds. The average Bonchev–Trinajstić information content (AvgIpc) is 2.76. The highest BCUT2D eigenvalue weighted by molar-refractivity contribution is 9.10. The second-order valence-electron chi connectivity index (χ2n) is 6.41. The molecule has 1 atom stereocenters. The van der Waals surface area contributed by atoms with Crippen molar-refractivity contribution in [3.05, 3.63) is 68.5 Å². The van der Waals surface area contributed by atoms with E-state index in [9.17, 15) is 14.4 Å². The molecule has 8 nitrogen and oxygen atoms in total. The van der Waals surface area contributed by atoms with Crippen molar-refractivity contribution in [3.8, 4) is 11.5 Å². The van der Waals surface area contributed by atoms with E-state index in [1.54, 1.807) is 43.3 Å². The van der Waals surface area contributed by atoms with Crippen LogP contribution in [-0.2, 0) is 9.53 Å². The van der Waals surface area contributed by atoms with Gasteiger partial charge in [-0.3, -0.25) is 4.79 Å². The normalized spacial score (nSPS) is 11.6. The number of halogens is 1. The van der Waals surface area contributed by atoms with Crippen molar-refractivity contribution in [3.63, 3.8) is 0 Å². The Kier molecular flexibility index (Phi) is 6.96. The molecule has 1 heterocycles. The van der Waals surface area contributed by atoms with E-state index in [0.29, 0.717) is 26.9 Å². The molecular formula is C22H20BrNO7. The first-order valence-electron chi connectivity index (χ1n) is 9.30. The molecule has 0 fully saturated rings. The molecule has 31 heavy (non-hydrogen) atoms. The van der Waals surface area contributed by atoms with Gasteiger partial charge in [-0.05, 0) is 42.8 Å². The van der Waals surface area contributed by atoms with E-state index < -0.39 is 23.5 Å². The van der Waals surface area contributed by atoms with Gasteiger partial charge in [-0.2, -0.15) is 0 Å². The van der Waals surface area contributed by atoms with Crippen molar-refractivity contribution in [1.29, 1.82) is 0 Å². The molecule has 3 rings (SSSR count). The number of hydrogen-bond acceptors (Lipinski definition) is 7. The molecule has 0 radical (unpaired) electrons. The smallest absolute Gasteiger partial charge is 0.349 e. The standard InChI is InChI=1S/C22H20BrNO7/c1-4-30-22(27)18(12-5-7-15(28-2)8-6-12)24-20(25)16-10-13-9-14(23)11-17(29-3)19(13)31-21(16)26/h5-11,18H,4H2,1-3H3,(H,24,25)/t18-/m1/s1. The number of nitrogens with one attached hydrogen (secondary N) is 1. The molecule has 162 valence electrons. The quantitative estimate of drug-likeness (QED) is 0.399. The van der Waals surface area contributed by atoms with Gasteiger partial charge in [0.2, 0.25) is 0 Å². The van der Waals surface area contributed by atoms with Gasteiger partial charge >= 0.3 is 11.6 Å². The molecule has 0 unspecified atom stereocenters. The fraction of sp³-hybridized carbons (Fsp3) is 0.227. The molecule has 2 aromatic carbocycles. The summed E-state index contributed by atoms with van der Waals surface area (Å²) >= 11 is 3.35. The molecule has 0 spiro atoms. The van der Waals surface area contributed by atoms with Crippen LogP contribution < -0.4 is 20.4 Å². The molecule has 0 aliphatic carbocycles. The highest BCUT2D eigenvalue weighted by atomic mass is 79.9. The van der Waals surface area contributed by atoms with Crippen molar-refractivity contribution >= 4 is 38.8 Å². The number of esters is 1. The van der Waals surface area contributed by atoms with Gasteiger partial charge in [0.05, 0.1) is 20.8 Å². The second-order valence-corrected chi connectivity index (χ2v) is 7.32. The number of fused-ring (bicyclic) bond motifs is 1. The Morgan fingerprint density at radius 3 is 2.42 bits per heavy atom. The van der Waals surface area contributed by atoms with Gasteiger partial charge < -0.3 is 23.9 Å². The second kappa shape index (κ2) is 9.65. The topological polar surface area (TPSA) is 104 Å². The maximum absolute atomic E-state index is 12.9. The lowest BCUT2D eigenvalue weighted by Gasteiger charge is -2.18. The summed E-state index contributed by atoms with van der Waals surface area (Å²) < 4.78 is 21.4. The Morgan fingerprint density at radius 1 is 1.10 bits per heavy atom. The molecular weight excluding hydrogens is 470 g/mol. The lowest BCUT2D eigenvalue weighted by Crippen LogP contribution is -2.37. The van der Waals surface area contributed by atoms with Crippen LogP contribution in [0.3, 0.4) is 0 Å². The van der Waals surface area contributed by atoms with Gasteiger partial charge in [0.1, 0.15) is 11.3 Å². The summed E-state index contributed by atoms with van der Waals surface area (Å²) in [6.45, 7) is 1.79. The molecule has 3 aromatic rings. The zero-order valence-corrected chi connectivity index (χ0v) is 18.6. The number of ether oxygens (including phenoxy) is 3. The molecule has 0 aliphatic heterocycles. The monoisotopic (exact) mass is 489 g/mol. The third kappa shape index (κ3) is 4.88. The molecule has 1 aromatic heterocycles. The van der Waals surface area contributed by atoms with E-state index in [-0.39, 0.29) is 17.8 Å². The maximum atomic E-state index is 12.9.